The van der Waals surface area contributed by atoms with Gasteiger partial charge in [-0.1, -0.05) is 19.1 Å². The number of nitrogens with zero attached hydrogens (tertiary/aromatic N) is 2. The standard InChI is InChI=1S/C25H32N2O6/c1-25(7-6-24(30)31,20-2-4-22-18(12-20)14-26(8-10-28)16-32-22)21-3-5-23-19(13-21)15-27(9-11-29)17-33-23/h2-5,12-13,28-29H,6-11,14-17H2,1H3,(H,30,31). The highest BCUT2D eigenvalue weighted by molar-refractivity contribution is 5.67. The fraction of sp³-hybridized carbons (Fsp3) is 0.480. The molecule has 0 atom stereocenters. The van der Waals surface area contributed by atoms with Crippen LogP contribution in [0.25, 0.3) is 0 Å². The van der Waals surface area contributed by atoms with Crippen LogP contribution in [0.4, 0.5) is 0 Å². The van der Waals surface area contributed by atoms with Crippen molar-refractivity contribution in [1.82, 2.24) is 9.80 Å². The summed E-state index contributed by atoms with van der Waals surface area (Å²) < 4.78 is 11.7. The maximum atomic E-state index is 11.5. The van der Waals surface area contributed by atoms with E-state index in [0.717, 1.165) is 33.8 Å². The zero-order valence-corrected chi connectivity index (χ0v) is 19.0. The molecule has 0 saturated carbocycles. The molecule has 8 heteroatoms. The summed E-state index contributed by atoms with van der Waals surface area (Å²) >= 11 is 0. The van der Waals surface area contributed by atoms with Crippen molar-refractivity contribution < 1.29 is 29.6 Å². The molecular weight excluding hydrogens is 424 g/mol. The first-order valence-corrected chi connectivity index (χ1v) is 11.3. The van der Waals surface area contributed by atoms with Crippen LogP contribution in [0.1, 0.15) is 42.0 Å². The lowest BCUT2D eigenvalue weighted by Gasteiger charge is -2.35. The monoisotopic (exact) mass is 456 g/mol. The average Bonchev–Trinajstić information content (AvgIpc) is 2.82. The van der Waals surface area contributed by atoms with E-state index in [-0.39, 0.29) is 19.6 Å². The van der Waals surface area contributed by atoms with E-state index in [1.54, 1.807) is 0 Å². The molecule has 0 bridgehead atoms. The summed E-state index contributed by atoms with van der Waals surface area (Å²) in [4.78, 5) is 15.6. The van der Waals surface area contributed by atoms with Crippen molar-refractivity contribution in [1.29, 1.82) is 0 Å². The molecule has 178 valence electrons. The van der Waals surface area contributed by atoms with Crippen molar-refractivity contribution in [2.24, 2.45) is 0 Å². The molecule has 0 radical (unpaired) electrons. The second-order valence-electron chi connectivity index (χ2n) is 8.97. The first-order chi connectivity index (χ1) is 15.9. The number of hydrogen-bond donors (Lipinski definition) is 3. The first kappa shape index (κ1) is 23.5. The van der Waals surface area contributed by atoms with Crippen LogP contribution in [-0.4, -0.2) is 70.9 Å². The molecule has 0 aromatic heterocycles. The Labute approximate surface area is 194 Å². The number of benzene rings is 2. The van der Waals surface area contributed by atoms with Gasteiger partial charge in [-0.15, -0.1) is 0 Å². The molecule has 2 aliphatic heterocycles. The van der Waals surface area contributed by atoms with E-state index in [1.807, 2.05) is 34.1 Å². The minimum atomic E-state index is -0.827. The third kappa shape index (κ3) is 5.14. The summed E-state index contributed by atoms with van der Waals surface area (Å²) in [6, 6.07) is 12.2. The molecule has 8 nitrogen and oxygen atoms in total. The van der Waals surface area contributed by atoms with Crippen LogP contribution in [0.2, 0.25) is 0 Å². The number of carboxylic acid groups (broad SMARTS) is 1. The second-order valence-corrected chi connectivity index (χ2v) is 8.97. The van der Waals surface area contributed by atoms with Crippen molar-refractivity contribution in [3.8, 4) is 11.5 Å². The second kappa shape index (κ2) is 10.1. The van der Waals surface area contributed by atoms with E-state index in [2.05, 4.69) is 19.1 Å². The van der Waals surface area contributed by atoms with Gasteiger partial charge in [0.25, 0.3) is 0 Å². The molecule has 2 heterocycles. The smallest absolute Gasteiger partial charge is 0.303 e. The van der Waals surface area contributed by atoms with Gasteiger partial charge >= 0.3 is 5.97 Å². The zero-order valence-electron chi connectivity index (χ0n) is 19.0. The summed E-state index contributed by atoms with van der Waals surface area (Å²) in [5, 5.41) is 28.0. The number of β-amino-alcohol motifs (C(OH)–C–C–N with tert-alkyl or cyclic N) is 2. The van der Waals surface area contributed by atoms with Crippen molar-refractivity contribution in [3.63, 3.8) is 0 Å². The van der Waals surface area contributed by atoms with Gasteiger partial charge < -0.3 is 24.8 Å². The fourth-order valence-electron chi connectivity index (χ4n) is 4.65. The molecule has 0 amide bonds. The summed E-state index contributed by atoms with van der Waals surface area (Å²) in [6.45, 7) is 5.53. The highest BCUT2D eigenvalue weighted by Gasteiger charge is 2.32. The number of fused-ring (bicyclic) bond motifs is 2. The van der Waals surface area contributed by atoms with E-state index in [9.17, 15) is 20.1 Å². The molecule has 0 saturated heterocycles. The minimum absolute atomic E-state index is 0.0466. The molecule has 0 aliphatic carbocycles. The minimum Gasteiger partial charge on any atom is -0.481 e. The third-order valence-corrected chi connectivity index (χ3v) is 6.66. The van der Waals surface area contributed by atoms with Crippen LogP contribution < -0.4 is 9.47 Å². The summed E-state index contributed by atoms with van der Waals surface area (Å²) in [5.41, 5.74) is 3.59. The van der Waals surface area contributed by atoms with Gasteiger partial charge in [0, 0.05) is 49.1 Å². The fourth-order valence-corrected chi connectivity index (χ4v) is 4.65. The number of aliphatic carboxylic acids is 1. The summed E-state index contributed by atoms with van der Waals surface area (Å²) in [5.74, 6) is 0.825. The molecule has 0 unspecified atom stereocenters. The SMILES string of the molecule is CC(CCC(=O)O)(c1ccc2c(c1)CN(CCO)CO2)c1ccc2c(c1)CN(CCO)CO2. The number of rotatable bonds is 9. The number of ether oxygens (including phenoxy) is 2. The molecule has 3 N–H and O–H groups in total. The van der Waals surface area contributed by atoms with Gasteiger partial charge in [0.05, 0.1) is 13.2 Å². The normalized spacial score (nSPS) is 16.5. The van der Waals surface area contributed by atoms with Gasteiger partial charge in [-0.25, -0.2) is 0 Å². The predicted octanol–water partition coefficient (Wildman–Crippen LogP) is 2.15. The highest BCUT2D eigenvalue weighted by Crippen LogP contribution is 2.41. The molecule has 0 spiro atoms. The van der Waals surface area contributed by atoms with Gasteiger partial charge in [-0.3, -0.25) is 14.6 Å². The van der Waals surface area contributed by atoms with Crippen LogP contribution >= 0.6 is 0 Å². The van der Waals surface area contributed by atoms with E-state index in [4.69, 9.17) is 9.47 Å². The Morgan fingerprint density at radius 1 is 0.909 bits per heavy atom. The molecule has 0 fully saturated rings. The number of carboxylic acids is 1. The summed E-state index contributed by atoms with van der Waals surface area (Å²) in [7, 11) is 0. The van der Waals surface area contributed by atoms with Crippen molar-refractivity contribution in [2.45, 2.75) is 38.3 Å². The first-order valence-electron chi connectivity index (χ1n) is 11.3. The van der Waals surface area contributed by atoms with Crippen LogP contribution in [0.3, 0.4) is 0 Å². The van der Waals surface area contributed by atoms with Crippen LogP contribution in [0.15, 0.2) is 36.4 Å². The highest BCUT2D eigenvalue weighted by atomic mass is 16.5. The predicted molar refractivity (Wildman–Crippen MR) is 122 cm³/mol. The number of aliphatic hydroxyl groups is 2. The Morgan fingerprint density at radius 3 is 1.82 bits per heavy atom. The maximum Gasteiger partial charge on any atom is 0.303 e. The molecular formula is C25H32N2O6. The van der Waals surface area contributed by atoms with Crippen molar-refractivity contribution >= 4 is 5.97 Å². The Morgan fingerprint density at radius 2 is 1.39 bits per heavy atom. The van der Waals surface area contributed by atoms with Crippen molar-refractivity contribution in [3.05, 3.63) is 58.7 Å². The zero-order chi connectivity index (χ0) is 23.4. The van der Waals surface area contributed by atoms with Gasteiger partial charge in [-0.05, 0) is 41.8 Å². The van der Waals surface area contributed by atoms with E-state index >= 15 is 0 Å². The van der Waals surface area contributed by atoms with Crippen LogP contribution in [0, 0.1) is 0 Å². The molecule has 2 aliphatic rings. The lowest BCUT2D eigenvalue weighted by molar-refractivity contribution is -0.137. The maximum absolute atomic E-state index is 11.5. The Balaban J connectivity index is 1.70. The van der Waals surface area contributed by atoms with E-state index in [0.29, 0.717) is 46.1 Å². The molecule has 4 rings (SSSR count). The molecule has 33 heavy (non-hydrogen) atoms. The topological polar surface area (TPSA) is 103 Å². The largest absolute Gasteiger partial charge is 0.481 e. The Kier molecular flexibility index (Phi) is 7.19. The van der Waals surface area contributed by atoms with Gasteiger partial charge in [0.1, 0.15) is 25.0 Å². The Bertz CT molecular complexity index is 927. The lowest BCUT2D eigenvalue weighted by atomic mass is 9.72. The molecule has 2 aromatic carbocycles. The molecule has 2 aromatic rings. The van der Waals surface area contributed by atoms with Crippen LogP contribution in [0.5, 0.6) is 11.5 Å². The number of hydrogen-bond acceptors (Lipinski definition) is 7. The average molecular weight is 457 g/mol. The summed E-state index contributed by atoms with van der Waals surface area (Å²) in [6.07, 6.45) is 0.493. The van der Waals surface area contributed by atoms with Crippen LogP contribution in [-0.2, 0) is 23.3 Å². The number of aliphatic hydroxyl groups excluding tert-OH is 2. The van der Waals surface area contributed by atoms with Gasteiger partial charge in [0.15, 0.2) is 0 Å². The van der Waals surface area contributed by atoms with Gasteiger partial charge in [-0.2, -0.15) is 0 Å². The van der Waals surface area contributed by atoms with Crippen molar-refractivity contribution in [2.75, 3.05) is 39.8 Å². The van der Waals surface area contributed by atoms with E-state index in [1.165, 1.54) is 0 Å². The quantitative estimate of drug-likeness (QED) is 0.528. The number of carbonyl (C=O) groups is 1. The van der Waals surface area contributed by atoms with E-state index < -0.39 is 11.4 Å². The lowest BCUT2D eigenvalue weighted by Crippen LogP contribution is -2.35. The Hall–Kier alpha value is -2.65. The van der Waals surface area contributed by atoms with Gasteiger partial charge in [0.2, 0.25) is 0 Å². The third-order valence-electron chi connectivity index (χ3n) is 6.66.